The van der Waals surface area contributed by atoms with E-state index in [-0.39, 0.29) is 29.5 Å². The van der Waals surface area contributed by atoms with Gasteiger partial charge in [0.05, 0.1) is 0 Å². The number of nitrogens with zero attached hydrogens (tertiary/aromatic N) is 5. The van der Waals surface area contributed by atoms with Crippen LogP contribution in [0.1, 0.15) is 67.3 Å². The number of anilines is 2. The minimum atomic E-state index is -2.87. The van der Waals surface area contributed by atoms with E-state index in [0.717, 1.165) is 23.3 Å². The fourth-order valence-corrected chi connectivity index (χ4v) is 5.98. The molecule has 1 saturated heterocycles. The highest BCUT2D eigenvalue weighted by Crippen LogP contribution is 2.43. The summed E-state index contributed by atoms with van der Waals surface area (Å²) < 4.78 is 27.4. The van der Waals surface area contributed by atoms with E-state index in [4.69, 9.17) is 11.6 Å². The summed E-state index contributed by atoms with van der Waals surface area (Å²) >= 11 is 6.61. The Hall–Kier alpha value is -4.43. The molecule has 2 aliphatic carbocycles. The zero-order valence-corrected chi connectivity index (χ0v) is 23.7. The van der Waals surface area contributed by atoms with Gasteiger partial charge >= 0.3 is 0 Å². The maximum Gasteiger partial charge on any atom is 0.252 e. The van der Waals surface area contributed by atoms with Gasteiger partial charge in [-0.1, -0.05) is 41.9 Å². The number of alkyl halides is 2. The van der Waals surface area contributed by atoms with Crippen LogP contribution in [0, 0.1) is 11.3 Å². The van der Waals surface area contributed by atoms with Crippen LogP contribution in [0.15, 0.2) is 60.8 Å². The number of rotatable bonds is 8. The smallest absolute Gasteiger partial charge is 0.252 e. The van der Waals surface area contributed by atoms with Gasteiger partial charge in [-0.15, -0.1) is 0 Å². The molecule has 3 fully saturated rings. The number of nitriles is 1. The summed E-state index contributed by atoms with van der Waals surface area (Å²) in [5, 5.41) is 12.3. The van der Waals surface area contributed by atoms with Gasteiger partial charge < -0.3 is 5.32 Å². The van der Waals surface area contributed by atoms with Crippen molar-refractivity contribution in [3.8, 4) is 6.07 Å². The molecule has 0 radical (unpaired) electrons. The molecule has 2 heterocycles. The van der Waals surface area contributed by atoms with Crippen LogP contribution < -0.4 is 15.1 Å². The molecule has 1 unspecified atom stereocenters. The van der Waals surface area contributed by atoms with Crippen molar-refractivity contribution in [3.05, 3.63) is 82.6 Å². The topological polar surface area (TPSA) is 119 Å². The summed E-state index contributed by atoms with van der Waals surface area (Å²) in [6.45, 7) is 0. The Morgan fingerprint density at radius 3 is 2.58 bits per heavy atom. The maximum absolute atomic E-state index is 14.7. The lowest BCUT2D eigenvalue weighted by molar-refractivity contribution is -0.133. The van der Waals surface area contributed by atoms with Gasteiger partial charge in [0, 0.05) is 47.8 Å². The SMILES string of the molecule is N#Cc1ccnc(N2C(=O)CCC2C(=O)N(c2cccc(C3CC3)c2)[C@H](C(=O)NC2CC(F)(F)C2)c2ccccc2Cl)n1. The van der Waals surface area contributed by atoms with Crippen LogP contribution in [-0.2, 0) is 14.4 Å². The lowest BCUT2D eigenvalue weighted by Gasteiger charge is -2.39. The molecule has 1 N–H and O–H groups in total. The summed E-state index contributed by atoms with van der Waals surface area (Å²) in [6, 6.07) is 14.0. The Balaban J connectivity index is 1.45. The molecular formula is C31H27ClF2N6O3. The number of carbonyl (C=O) groups is 3. The molecule has 3 aromatic rings. The second-order valence-electron chi connectivity index (χ2n) is 11.1. The fraction of sp³-hybridized carbons (Fsp3) is 0.355. The predicted molar refractivity (Wildman–Crippen MR) is 153 cm³/mol. The maximum atomic E-state index is 14.7. The van der Waals surface area contributed by atoms with Crippen LogP contribution in [0.5, 0.6) is 0 Å². The van der Waals surface area contributed by atoms with Crippen molar-refractivity contribution in [2.24, 2.45) is 0 Å². The lowest BCUT2D eigenvalue weighted by atomic mass is 9.87. The number of amides is 3. The molecule has 0 spiro atoms. The highest BCUT2D eigenvalue weighted by molar-refractivity contribution is 6.31. The molecule has 0 bridgehead atoms. The van der Waals surface area contributed by atoms with Crippen LogP contribution in [-0.4, -0.2) is 45.7 Å². The number of aromatic nitrogens is 2. The molecule has 12 heteroatoms. The minimum Gasteiger partial charge on any atom is -0.351 e. The molecular weight excluding hydrogens is 578 g/mol. The van der Waals surface area contributed by atoms with Crippen LogP contribution in [0.4, 0.5) is 20.4 Å². The first-order chi connectivity index (χ1) is 20.6. The van der Waals surface area contributed by atoms with Crippen LogP contribution in [0.3, 0.4) is 0 Å². The predicted octanol–water partition coefficient (Wildman–Crippen LogP) is 5.06. The number of hydrogen-bond donors (Lipinski definition) is 1. The minimum absolute atomic E-state index is 0.0205. The van der Waals surface area contributed by atoms with E-state index < -0.39 is 54.6 Å². The highest BCUT2D eigenvalue weighted by Gasteiger charge is 2.49. The standard InChI is InChI=1S/C31H27ClF2N6O3/c32-24-7-2-1-6-23(24)27(28(42)37-21-15-31(33,34)16-21)39(22-5-3-4-19(14-22)18-8-9-18)29(43)25-10-11-26(41)40(25)30-36-13-12-20(17-35)38-30/h1-7,12-14,18,21,25,27H,8-11,15-16H2,(H,37,42)/t25?,27-/m0/s1. The second kappa shape index (κ2) is 11.3. The molecule has 2 saturated carbocycles. The van der Waals surface area contributed by atoms with Crippen molar-refractivity contribution in [2.75, 3.05) is 9.80 Å². The van der Waals surface area contributed by atoms with Crippen LogP contribution in [0.2, 0.25) is 5.02 Å². The van der Waals surface area contributed by atoms with Crippen molar-refractivity contribution in [3.63, 3.8) is 0 Å². The third-order valence-corrected chi connectivity index (χ3v) is 8.39. The van der Waals surface area contributed by atoms with Gasteiger partial charge in [0.15, 0.2) is 0 Å². The Kier molecular flexibility index (Phi) is 7.56. The molecule has 6 rings (SSSR count). The first-order valence-electron chi connectivity index (χ1n) is 14.1. The van der Waals surface area contributed by atoms with Gasteiger partial charge in [0.1, 0.15) is 23.8 Å². The van der Waals surface area contributed by atoms with Crippen molar-refractivity contribution < 1.29 is 23.2 Å². The van der Waals surface area contributed by atoms with Gasteiger partial charge in [-0.2, -0.15) is 5.26 Å². The van der Waals surface area contributed by atoms with Gasteiger partial charge in [-0.3, -0.25) is 24.2 Å². The Labute approximate surface area is 251 Å². The Morgan fingerprint density at radius 2 is 1.88 bits per heavy atom. The Morgan fingerprint density at radius 1 is 1.12 bits per heavy atom. The molecule has 1 aliphatic heterocycles. The molecule has 220 valence electrons. The van der Waals surface area contributed by atoms with Gasteiger partial charge in [0.2, 0.25) is 17.8 Å². The Bertz CT molecular complexity index is 1630. The number of halogens is 3. The van der Waals surface area contributed by atoms with E-state index in [2.05, 4.69) is 15.3 Å². The monoisotopic (exact) mass is 604 g/mol. The summed E-state index contributed by atoms with van der Waals surface area (Å²) in [6.07, 6.45) is 2.46. The lowest BCUT2D eigenvalue weighted by Crippen LogP contribution is -2.56. The molecule has 2 aromatic carbocycles. The molecule has 3 amide bonds. The average molecular weight is 605 g/mol. The number of benzene rings is 2. The van der Waals surface area contributed by atoms with E-state index in [9.17, 15) is 28.4 Å². The third kappa shape index (κ3) is 5.79. The van der Waals surface area contributed by atoms with E-state index >= 15 is 0 Å². The first-order valence-corrected chi connectivity index (χ1v) is 14.4. The quantitative estimate of drug-likeness (QED) is 0.384. The highest BCUT2D eigenvalue weighted by atomic mass is 35.5. The normalized spacial score (nSPS) is 20.2. The van der Waals surface area contributed by atoms with Crippen molar-refractivity contribution in [2.45, 2.75) is 68.5 Å². The van der Waals surface area contributed by atoms with E-state index in [1.807, 2.05) is 18.2 Å². The van der Waals surface area contributed by atoms with E-state index in [1.54, 1.807) is 36.4 Å². The summed E-state index contributed by atoms with van der Waals surface area (Å²) in [5.74, 6) is -4.30. The largest absolute Gasteiger partial charge is 0.351 e. The second-order valence-corrected chi connectivity index (χ2v) is 11.6. The van der Waals surface area contributed by atoms with Crippen LogP contribution in [0.25, 0.3) is 0 Å². The molecule has 43 heavy (non-hydrogen) atoms. The van der Waals surface area contributed by atoms with E-state index in [1.165, 1.54) is 17.2 Å². The van der Waals surface area contributed by atoms with Crippen LogP contribution >= 0.6 is 11.6 Å². The van der Waals surface area contributed by atoms with Crippen molar-refractivity contribution in [1.29, 1.82) is 5.26 Å². The molecule has 2 atom stereocenters. The van der Waals surface area contributed by atoms with E-state index in [0.29, 0.717) is 17.2 Å². The zero-order valence-electron chi connectivity index (χ0n) is 22.9. The fourth-order valence-electron chi connectivity index (χ4n) is 5.74. The third-order valence-electron chi connectivity index (χ3n) is 8.05. The summed E-state index contributed by atoms with van der Waals surface area (Å²) in [5.41, 5.74) is 1.73. The molecule has 1 aromatic heterocycles. The zero-order chi connectivity index (χ0) is 30.3. The van der Waals surface area contributed by atoms with Gasteiger partial charge in [-0.05, 0) is 55.0 Å². The van der Waals surface area contributed by atoms with Crippen molar-refractivity contribution >= 4 is 41.0 Å². The number of hydrogen-bond acceptors (Lipinski definition) is 6. The number of carbonyl (C=O) groups excluding carboxylic acids is 3. The van der Waals surface area contributed by atoms with Gasteiger partial charge in [-0.25, -0.2) is 18.7 Å². The van der Waals surface area contributed by atoms with Gasteiger partial charge in [0.25, 0.3) is 11.8 Å². The molecule has 9 nitrogen and oxygen atoms in total. The average Bonchev–Trinajstić information content (AvgIpc) is 3.76. The van der Waals surface area contributed by atoms with Crippen molar-refractivity contribution in [1.82, 2.24) is 15.3 Å². The summed E-state index contributed by atoms with van der Waals surface area (Å²) in [4.78, 5) is 52.6. The molecule has 3 aliphatic rings. The first kappa shape index (κ1) is 28.7. The number of nitrogens with one attached hydrogen (secondary N) is 1. The summed E-state index contributed by atoms with van der Waals surface area (Å²) in [7, 11) is 0.